The maximum Gasteiger partial charge on any atom is 0.251 e. The molecule has 0 aliphatic heterocycles. The largest absolute Gasteiger partial charge is 0.459 e. The van der Waals surface area contributed by atoms with Gasteiger partial charge >= 0.3 is 0 Å². The number of benzene rings is 2. The van der Waals surface area contributed by atoms with Crippen LogP contribution in [0.5, 0.6) is 0 Å². The van der Waals surface area contributed by atoms with Crippen LogP contribution >= 0.6 is 0 Å². The Hall–Kier alpha value is -3.08. The first-order chi connectivity index (χ1) is 11.2. The molecule has 4 rings (SSSR count). The van der Waals surface area contributed by atoms with E-state index in [2.05, 4.69) is 15.5 Å². The van der Waals surface area contributed by atoms with E-state index in [0.717, 1.165) is 27.6 Å². The number of para-hydroxylation sites is 1. The zero-order valence-electron chi connectivity index (χ0n) is 12.5. The fraction of sp³-hybridized carbons (Fsp3) is 0.111. The number of hydrogen-bond donors (Lipinski definition) is 2. The van der Waals surface area contributed by atoms with Crippen molar-refractivity contribution in [2.45, 2.75) is 13.0 Å². The molecule has 1 unspecified atom stereocenters. The summed E-state index contributed by atoms with van der Waals surface area (Å²) in [6.07, 6.45) is 1.73. The Labute approximate surface area is 132 Å². The van der Waals surface area contributed by atoms with Gasteiger partial charge in [-0.2, -0.15) is 5.10 Å². The number of carbonyl (C=O) groups excluding carboxylic acids is 1. The number of nitrogens with zero attached hydrogens (tertiary/aromatic N) is 1. The maximum atomic E-state index is 12.4. The minimum atomic E-state index is -0.215. The van der Waals surface area contributed by atoms with Gasteiger partial charge in [0.1, 0.15) is 11.3 Å². The highest BCUT2D eigenvalue weighted by atomic mass is 16.3. The van der Waals surface area contributed by atoms with Gasteiger partial charge in [0.25, 0.3) is 5.91 Å². The zero-order valence-corrected chi connectivity index (χ0v) is 12.5. The molecule has 5 nitrogen and oxygen atoms in total. The van der Waals surface area contributed by atoms with Crippen LogP contribution in [0.1, 0.15) is 29.1 Å². The van der Waals surface area contributed by atoms with Crippen molar-refractivity contribution < 1.29 is 9.21 Å². The molecule has 114 valence electrons. The van der Waals surface area contributed by atoms with Crippen molar-refractivity contribution in [3.05, 3.63) is 66.1 Å². The van der Waals surface area contributed by atoms with Crippen molar-refractivity contribution >= 4 is 27.8 Å². The number of furan rings is 1. The highest BCUT2D eigenvalue weighted by molar-refractivity contribution is 5.97. The molecule has 2 aromatic heterocycles. The molecule has 0 radical (unpaired) electrons. The van der Waals surface area contributed by atoms with E-state index in [1.165, 1.54) is 0 Å². The van der Waals surface area contributed by atoms with E-state index in [-0.39, 0.29) is 11.9 Å². The fourth-order valence-corrected chi connectivity index (χ4v) is 2.65. The fourth-order valence-electron chi connectivity index (χ4n) is 2.65. The summed E-state index contributed by atoms with van der Waals surface area (Å²) < 4.78 is 5.79. The molecule has 0 saturated heterocycles. The van der Waals surface area contributed by atoms with E-state index in [1.807, 2.05) is 43.3 Å². The SMILES string of the molecule is CC(NC(=O)c1ccc2cn[nH]c2c1)c1cc2ccccc2o1. The summed E-state index contributed by atoms with van der Waals surface area (Å²) >= 11 is 0. The third-order valence-electron chi connectivity index (χ3n) is 3.92. The molecule has 2 aromatic carbocycles. The number of nitrogens with one attached hydrogen (secondary N) is 2. The molecule has 0 saturated carbocycles. The summed E-state index contributed by atoms with van der Waals surface area (Å²) in [6.45, 7) is 1.91. The molecule has 0 bridgehead atoms. The Bertz CT molecular complexity index is 967. The first kappa shape index (κ1) is 13.6. The van der Waals surface area contributed by atoms with Crippen LogP contribution in [0, 0.1) is 0 Å². The Kier molecular flexibility index (Phi) is 3.12. The summed E-state index contributed by atoms with van der Waals surface area (Å²) in [6, 6.07) is 15.0. The summed E-state index contributed by atoms with van der Waals surface area (Å²) in [5.41, 5.74) is 2.25. The Morgan fingerprint density at radius 3 is 2.91 bits per heavy atom. The smallest absolute Gasteiger partial charge is 0.251 e. The lowest BCUT2D eigenvalue weighted by molar-refractivity contribution is 0.0936. The monoisotopic (exact) mass is 305 g/mol. The lowest BCUT2D eigenvalue weighted by atomic mass is 10.1. The van der Waals surface area contributed by atoms with E-state index < -0.39 is 0 Å². The third-order valence-corrected chi connectivity index (χ3v) is 3.92. The maximum absolute atomic E-state index is 12.4. The van der Waals surface area contributed by atoms with Crippen LogP contribution in [0.25, 0.3) is 21.9 Å². The predicted octanol–water partition coefficient (Wildman–Crippen LogP) is 3.80. The van der Waals surface area contributed by atoms with Crippen molar-refractivity contribution in [2.75, 3.05) is 0 Å². The second-order valence-electron chi connectivity index (χ2n) is 5.55. The number of aromatic nitrogens is 2. The Balaban J connectivity index is 1.57. The minimum absolute atomic E-state index is 0.144. The number of fused-ring (bicyclic) bond motifs is 2. The number of carbonyl (C=O) groups is 1. The molecule has 2 N–H and O–H groups in total. The quantitative estimate of drug-likeness (QED) is 0.605. The molecule has 0 aliphatic rings. The molecular formula is C18H15N3O2. The molecule has 2 heterocycles. The van der Waals surface area contributed by atoms with Crippen molar-refractivity contribution in [3.63, 3.8) is 0 Å². The van der Waals surface area contributed by atoms with Gasteiger partial charge in [-0.25, -0.2) is 0 Å². The molecule has 5 heteroatoms. The van der Waals surface area contributed by atoms with E-state index >= 15 is 0 Å². The van der Waals surface area contributed by atoms with Gasteiger partial charge in [0.2, 0.25) is 0 Å². The van der Waals surface area contributed by atoms with Gasteiger partial charge in [-0.3, -0.25) is 9.89 Å². The van der Waals surface area contributed by atoms with Crippen LogP contribution in [0.2, 0.25) is 0 Å². The second kappa shape index (κ2) is 5.28. The molecule has 4 aromatic rings. The number of aromatic amines is 1. The standard InChI is InChI=1S/C18H15N3O2/c1-11(17-9-12-4-2-3-5-16(12)23-17)20-18(22)13-6-7-14-10-19-21-15(14)8-13/h2-11H,1H3,(H,19,21)(H,20,22). The second-order valence-corrected chi connectivity index (χ2v) is 5.55. The highest BCUT2D eigenvalue weighted by Gasteiger charge is 2.15. The summed E-state index contributed by atoms with van der Waals surface area (Å²) in [5, 5.41) is 11.8. The van der Waals surface area contributed by atoms with Crippen molar-refractivity contribution in [2.24, 2.45) is 0 Å². The first-order valence-corrected chi connectivity index (χ1v) is 7.43. The van der Waals surface area contributed by atoms with Crippen molar-refractivity contribution in [3.8, 4) is 0 Å². The molecule has 1 amide bonds. The zero-order chi connectivity index (χ0) is 15.8. The third kappa shape index (κ3) is 2.46. The number of rotatable bonds is 3. The normalized spacial score (nSPS) is 12.6. The van der Waals surface area contributed by atoms with Crippen molar-refractivity contribution in [1.82, 2.24) is 15.5 Å². The number of amides is 1. The first-order valence-electron chi connectivity index (χ1n) is 7.43. The highest BCUT2D eigenvalue weighted by Crippen LogP contribution is 2.24. The van der Waals surface area contributed by atoms with E-state index in [9.17, 15) is 4.79 Å². The summed E-state index contributed by atoms with van der Waals surface area (Å²) in [4.78, 5) is 12.4. The van der Waals surface area contributed by atoms with Crippen molar-refractivity contribution in [1.29, 1.82) is 0 Å². The summed E-state index contributed by atoms with van der Waals surface area (Å²) in [7, 11) is 0. The van der Waals surface area contributed by atoms with Gasteiger partial charge in [-0.1, -0.05) is 24.3 Å². The van der Waals surface area contributed by atoms with Crippen LogP contribution in [0.3, 0.4) is 0 Å². The molecule has 1 atom stereocenters. The molecule has 0 fully saturated rings. The predicted molar refractivity (Wildman–Crippen MR) is 88.2 cm³/mol. The molecule has 0 spiro atoms. The van der Waals surface area contributed by atoms with Gasteiger partial charge in [-0.15, -0.1) is 0 Å². The van der Waals surface area contributed by atoms with Crippen LogP contribution in [0.15, 0.2) is 59.1 Å². The average Bonchev–Trinajstić information content (AvgIpc) is 3.20. The van der Waals surface area contributed by atoms with Gasteiger partial charge in [-0.05, 0) is 31.2 Å². The lowest BCUT2D eigenvalue weighted by Gasteiger charge is -2.11. The topological polar surface area (TPSA) is 70.9 Å². The van der Waals surface area contributed by atoms with E-state index in [4.69, 9.17) is 4.42 Å². The molecular weight excluding hydrogens is 290 g/mol. The van der Waals surface area contributed by atoms with Crippen LogP contribution in [-0.4, -0.2) is 16.1 Å². The van der Waals surface area contributed by atoms with E-state index in [1.54, 1.807) is 18.3 Å². The van der Waals surface area contributed by atoms with Gasteiger partial charge in [0, 0.05) is 16.3 Å². The molecule has 0 aliphatic carbocycles. The van der Waals surface area contributed by atoms with Gasteiger partial charge < -0.3 is 9.73 Å². The average molecular weight is 305 g/mol. The summed E-state index contributed by atoms with van der Waals surface area (Å²) in [5.74, 6) is 0.594. The van der Waals surface area contributed by atoms with Gasteiger partial charge in [0.05, 0.1) is 17.8 Å². The lowest BCUT2D eigenvalue weighted by Crippen LogP contribution is -2.26. The number of hydrogen-bond acceptors (Lipinski definition) is 3. The van der Waals surface area contributed by atoms with Gasteiger partial charge in [0.15, 0.2) is 0 Å². The van der Waals surface area contributed by atoms with Crippen LogP contribution in [-0.2, 0) is 0 Å². The van der Waals surface area contributed by atoms with Crippen LogP contribution < -0.4 is 5.32 Å². The minimum Gasteiger partial charge on any atom is -0.459 e. The van der Waals surface area contributed by atoms with E-state index in [0.29, 0.717) is 5.56 Å². The number of H-pyrrole nitrogens is 1. The van der Waals surface area contributed by atoms with Crippen LogP contribution in [0.4, 0.5) is 0 Å². The Morgan fingerprint density at radius 2 is 2.04 bits per heavy atom. The molecule has 23 heavy (non-hydrogen) atoms. The Morgan fingerprint density at radius 1 is 1.17 bits per heavy atom.